The van der Waals surface area contributed by atoms with E-state index >= 15 is 0 Å². The first-order valence-corrected chi connectivity index (χ1v) is 21.1. The van der Waals surface area contributed by atoms with Crippen molar-refractivity contribution < 1.29 is 85.6 Å². The van der Waals surface area contributed by atoms with Gasteiger partial charge in [0.15, 0.2) is 0 Å². The summed E-state index contributed by atoms with van der Waals surface area (Å²) in [5.74, 6) is -1.73. The molecule has 348 valence electrons. The number of ether oxygens (including phenoxy) is 13. The Bertz CT molecular complexity index is 1090. The fraction of sp³-hybridized carbons (Fsp3) is 0.850. The lowest BCUT2D eigenvalue weighted by Gasteiger charge is -2.18. The summed E-state index contributed by atoms with van der Waals surface area (Å²) in [6, 6.07) is 0. The second-order valence-corrected chi connectivity index (χ2v) is 13.1. The number of rotatable bonds is 41. The smallest absolute Gasteiger partial charge is 0.407 e. The molecule has 1 saturated heterocycles. The quantitative estimate of drug-likeness (QED) is 0.0527. The van der Waals surface area contributed by atoms with E-state index in [0.29, 0.717) is 157 Å². The SMILES string of the molecule is O=C(CCOCCOCCOCCOCCOCCOCCOCCOCCOCCOCCOCCOCCNC(=O)OC1CC/C=C\CCC1)ON1C(=O)CCC1=O. The van der Waals surface area contributed by atoms with E-state index in [-0.39, 0.29) is 44.7 Å². The highest BCUT2D eigenvalue weighted by Gasteiger charge is 2.32. The molecule has 1 N–H and O–H groups in total. The Hall–Kier alpha value is -2.86. The van der Waals surface area contributed by atoms with Gasteiger partial charge in [-0.15, -0.1) is 5.06 Å². The molecule has 0 spiro atoms. The van der Waals surface area contributed by atoms with E-state index in [9.17, 15) is 19.2 Å². The summed E-state index contributed by atoms with van der Waals surface area (Å²) in [5.41, 5.74) is 0. The van der Waals surface area contributed by atoms with Crippen LogP contribution in [0.4, 0.5) is 4.79 Å². The number of amides is 3. The van der Waals surface area contributed by atoms with Crippen molar-refractivity contribution in [2.24, 2.45) is 0 Å². The number of hydroxylamine groups is 2. The monoisotopic (exact) mass is 866 g/mol. The Morgan fingerprint density at radius 3 is 1.23 bits per heavy atom. The Balaban J connectivity index is 1.14. The number of allylic oxidation sites excluding steroid dienone is 2. The lowest BCUT2D eigenvalue weighted by Crippen LogP contribution is -2.32. The van der Waals surface area contributed by atoms with Gasteiger partial charge in [0.05, 0.1) is 165 Å². The minimum Gasteiger partial charge on any atom is -0.446 e. The van der Waals surface area contributed by atoms with Crippen molar-refractivity contribution in [2.45, 2.75) is 57.5 Å². The average Bonchev–Trinajstić information content (AvgIpc) is 3.54. The summed E-state index contributed by atoms with van der Waals surface area (Å²) < 4.78 is 70.9. The van der Waals surface area contributed by atoms with Gasteiger partial charge in [-0.1, -0.05) is 12.2 Å². The third-order valence-corrected chi connectivity index (χ3v) is 8.25. The fourth-order valence-electron chi connectivity index (χ4n) is 5.14. The minimum atomic E-state index is -0.703. The molecule has 0 aromatic carbocycles. The van der Waals surface area contributed by atoms with Gasteiger partial charge in [0.2, 0.25) is 0 Å². The van der Waals surface area contributed by atoms with E-state index in [4.69, 9.17) is 66.4 Å². The van der Waals surface area contributed by atoms with Gasteiger partial charge < -0.3 is 71.7 Å². The van der Waals surface area contributed by atoms with Crippen molar-refractivity contribution in [2.75, 3.05) is 165 Å². The van der Waals surface area contributed by atoms with Crippen LogP contribution in [0, 0.1) is 0 Å². The third-order valence-electron chi connectivity index (χ3n) is 8.25. The van der Waals surface area contributed by atoms with E-state index in [1.165, 1.54) is 0 Å². The first-order chi connectivity index (χ1) is 29.6. The Labute approximate surface area is 354 Å². The minimum absolute atomic E-state index is 0.0171. The Morgan fingerprint density at radius 1 is 0.483 bits per heavy atom. The Morgan fingerprint density at radius 2 is 0.833 bits per heavy atom. The van der Waals surface area contributed by atoms with Crippen LogP contribution in [0.3, 0.4) is 0 Å². The van der Waals surface area contributed by atoms with E-state index in [0.717, 1.165) is 32.1 Å². The maximum absolute atomic E-state index is 11.9. The molecule has 1 atom stereocenters. The van der Waals surface area contributed by atoms with E-state index in [1.807, 2.05) is 0 Å². The summed E-state index contributed by atoms with van der Waals surface area (Å²) in [6.45, 7) is 10.6. The zero-order valence-corrected chi connectivity index (χ0v) is 35.4. The van der Waals surface area contributed by atoms with Crippen LogP contribution in [0.2, 0.25) is 0 Å². The van der Waals surface area contributed by atoms with Crippen LogP contribution in [-0.4, -0.2) is 200 Å². The van der Waals surface area contributed by atoms with Crippen LogP contribution in [0.5, 0.6) is 0 Å². The van der Waals surface area contributed by atoms with Gasteiger partial charge in [0, 0.05) is 19.4 Å². The van der Waals surface area contributed by atoms with Crippen LogP contribution >= 0.6 is 0 Å². The molecule has 0 aromatic rings. The number of hydrogen-bond donors (Lipinski definition) is 1. The van der Waals surface area contributed by atoms with Gasteiger partial charge in [0.1, 0.15) is 6.10 Å². The third kappa shape index (κ3) is 32.9. The first-order valence-electron chi connectivity index (χ1n) is 21.1. The molecule has 60 heavy (non-hydrogen) atoms. The molecule has 20 nitrogen and oxygen atoms in total. The molecule has 0 bridgehead atoms. The van der Waals surface area contributed by atoms with Crippen molar-refractivity contribution in [1.82, 2.24) is 10.4 Å². The molecule has 0 aromatic heterocycles. The van der Waals surface area contributed by atoms with Crippen molar-refractivity contribution in [1.29, 1.82) is 0 Å². The van der Waals surface area contributed by atoms with Crippen LogP contribution in [0.1, 0.15) is 51.4 Å². The molecule has 1 unspecified atom stereocenters. The number of imide groups is 1. The molecule has 1 aliphatic heterocycles. The second-order valence-electron chi connectivity index (χ2n) is 13.1. The Kier molecular flexibility index (Phi) is 35.7. The predicted octanol–water partition coefficient (Wildman–Crippen LogP) is 1.80. The van der Waals surface area contributed by atoms with Crippen LogP contribution in [-0.2, 0) is 80.8 Å². The van der Waals surface area contributed by atoms with Crippen molar-refractivity contribution in [3.63, 3.8) is 0 Å². The number of hydrogen-bond acceptors (Lipinski definition) is 18. The topological polar surface area (TPSA) is 213 Å². The van der Waals surface area contributed by atoms with Crippen LogP contribution < -0.4 is 5.32 Å². The van der Waals surface area contributed by atoms with Crippen molar-refractivity contribution in [3.8, 4) is 0 Å². The van der Waals surface area contributed by atoms with E-state index < -0.39 is 17.8 Å². The average molecular weight is 867 g/mol. The molecule has 0 saturated carbocycles. The van der Waals surface area contributed by atoms with Gasteiger partial charge in [0.25, 0.3) is 11.8 Å². The van der Waals surface area contributed by atoms with Gasteiger partial charge in [-0.2, -0.15) is 0 Å². The van der Waals surface area contributed by atoms with Gasteiger partial charge in [-0.3, -0.25) is 9.59 Å². The zero-order valence-electron chi connectivity index (χ0n) is 35.4. The molecule has 20 heteroatoms. The van der Waals surface area contributed by atoms with E-state index in [1.54, 1.807) is 0 Å². The van der Waals surface area contributed by atoms with Crippen molar-refractivity contribution >= 4 is 23.9 Å². The molecule has 0 radical (unpaired) electrons. The van der Waals surface area contributed by atoms with E-state index in [2.05, 4.69) is 17.5 Å². The van der Waals surface area contributed by atoms with Gasteiger partial charge in [-0.05, 0) is 32.1 Å². The first kappa shape index (κ1) is 53.3. The maximum atomic E-state index is 11.9. The van der Waals surface area contributed by atoms with Crippen LogP contribution in [0.25, 0.3) is 0 Å². The maximum Gasteiger partial charge on any atom is 0.407 e. The number of carbonyl (C=O) groups is 4. The highest BCUT2D eigenvalue weighted by Crippen LogP contribution is 2.15. The summed E-state index contributed by atoms with van der Waals surface area (Å²) in [7, 11) is 0. The number of nitrogens with zero attached hydrogens (tertiary/aromatic N) is 1. The molecule has 1 fully saturated rings. The number of alkyl carbamates (subject to hydrolysis) is 1. The highest BCUT2D eigenvalue weighted by atomic mass is 16.7. The van der Waals surface area contributed by atoms with Gasteiger partial charge >= 0.3 is 12.1 Å². The second kappa shape index (κ2) is 40.2. The predicted molar refractivity (Wildman–Crippen MR) is 212 cm³/mol. The summed E-state index contributed by atoms with van der Waals surface area (Å²) in [6.07, 6.45) is 8.77. The largest absolute Gasteiger partial charge is 0.446 e. The zero-order chi connectivity index (χ0) is 42.8. The summed E-state index contributed by atoms with van der Waals surface area (Å²) in [4.78, 5) is 51.2. The van der Waals surface area contributed by atoms with Crippen LogP contribution in [0.15, 0.2) is 12.2 Å². The summed E-state index contributed by atoms with van der Waals surface area (Å²) in [5, 5.41) is 3.25. The molecular weight excluding hydrogens is 796 g/mol. The van der Waals surface area contributed by atoms with Crippen molar-refractivity contribution in [3.05, 3.63) is 12.2 Å². The molecule has 3 amide bonds. The number of nitrogens with one attached hydrogen (secondary N) is 1. The molecule has 1 aliphatic carbocycles. The molecule has 2 rings (SSSR count). The molecule has 1 heterocycles. The van der Waals surface area contributed by atoms with Gasteiger partial charge in [-0.25, -0.2) is 9.59 Å². The lowest BCUT2D eigenvalue weighted by atomic mass is 10.0. The molecule has 2 aliphatic rings. The summed E-state index contributed by atoms with van der Waals surface area (Å²) >= 11 is 0. The number of carbonyl (C=O) groups excluding carboxylic acids is 4. The lowest BCUT2D eigenvalue weighted by molar-refractivity contribution is -0.198. The molecular formula is C40H70N2O18. The normalized spacial score (nSPS) is 16.2. The highest BCUT2D eigenvalue weighted by molar-refractivity contribution is 6.01. The fourth-order valence-corrected chi connectivity index (χ4v) is 5.14. The standard InChI is InChI=1S/C40H70N2O18/c43-37-8-9-38(44)42(37)60-39(45)10-12-47-14-16-49-18-20-51-22-24-53-26-28-55-30-32-57-34-35-58-33-31-56-29-27-54-25-23-52-21-19-50-17-15-48-13-11-41-40(46)59-36-6-4-2-1-3-5-7-36/h1-2,36H,3-35H2,(H,41,46)/b2-1-.